The zero-order chi connectivity index (χ0) is 19.5. The predicted molar refractivity (Wildman–Crippen MR) is 118 cm³/mol. The number of hydrogen-bond donors (Lipinski definition) is 0. The SMILES string of the molecule is Cc1ccccc1N1C(C)N2C(c3ccccc3C2(C)C2CCCCC2)[C@@H]1C. The molecule has 3 aliphatic rings. The van der Waals surface area contributed by atoms with E-state index < -0.39 is 0 Å². The number of nitrogens with zero attached hydrogens (tertiary/aromatic N) is 2. The van der Waals surface area contributed by atoms with Crippen LogP contribution < -0.4 is 4.90 Å². The molecule has 2 aromatic carbocycles. The highest BCUT2D eigenvalue weighted by molar-refractivity contribution is 5.58. The molecule has 1 aliphatic carbocycles. The van der Waals surface area contributed by atoms with E-state index in [0.29, 0.717) is 18.2 Å². The van der Waals surface area contributed by atoms with Gasteiger partial charge in [-0.1, -0.05) is 61.7 Å². The Labute approximate surface area is 170 Å². The Morgan fingerprint density at radius 1 is 0.893 bits per heavy atom. The highest BCUT2D eigenvalue weighted by Crippen LogP contribution is 2.59. The van der Waals surface area contributed by atoms with Gasteiger partial charge in [0.1, 0.15) is 0 Å². The van der Waals surface area contributed by atoms with Crippen molar-refractivity contribution in [3.63, 3.8) is 0 Å². The smallest absolute Gasteiger partial charge is 0.0809 e. The summed E-state index contributed by atoms with van der Waals surface area (Å²) in [6.45, 7) is 9.70. The third-order valence-electron chi connectivity index (χ3n) is 8.16. The van der Waals surface area contributed by atoms with Crippen molar-refractivity contribution in [2.45, 2.75) is 83.6 Å². The first-order valence-electron chi connectivity index (χ1n) is 11.3. The van der Waals surface area contributed by atoms with Gasteiger partial charge in [-0.2, -0.15) is 0 Å². The van der Waals surface area contributed by atoms with Crippen molar-refractivity contribution in [2.75, 3.05) is 4.90 Å². The second-order valence-corrected chi connectivity index (χ2v) is 9.49. The molecule has 148 valence electrons. The highest BCUT2D eigenvalue weighted by atomic mass is 15.5. The van der Waals surface area contributed by atoms with E-state index in [2.05, 4.69) is 86.0 Å². The first kappa shape index (κ1) is 18.2. The van der Waals surface area contributed by atoms with Crippen molar-refractivity contribution in [1.82, 2.24) is 4.90 Å². The number of para-hydroxylation sites is 1. The number of hydrogen-bond acceptors (Lipinski definition) is 2. The fourth-order valence-electron chi connectivity index (χ4n) is 6.90. The summed E-state index contributed by atoms with van der Waals surface area (Å²) in [5.41, 5.74) is 6.11. The number of fused-ring (bicyclic) bond motifs is 3. The monoisotopic (exact) mass is 374 g/mol. The molecule has 1 saturated carbocycles. The van der Waals surface area contributed by atoms with E-state index >= 15 is 0 Å². The first-order valence-corrected chi connectivity index (χ1v) is 11.3. The van der Waals surface area contributed by atoms with Gasteiger partial charge < -0.3 is 4.90 Å². The van der Waals surface area contributed by atoms with Crippen molar-refractivity contribution in [3.8, 4) is 0 Å². The summed E-state index contributed by atoms with van der Waals surface area (Å²) in [5, 5.41) is 0. The quantitative estimate of drug-likeness (QED) is 0.600. The summed E-state index contributed by atoms with van der Waals surface area (Å²) in [4.78, 5) is 5.59. The Kier molecular flexibility index (Phi) is 4.32. The average Bonchev–Trinajstić information content (AvgIpc) is 3.15. The van der Waals surface area contributed by atoms with E-state index in [1.165, 1.54) is 43.4 Å². The van der Waals surface area contributed by atoms with Crippen molar-refractivity contribution in [3.05, 3.63) is 65.2 Å². The number of aryl methyl sites for hydroxylation is 1. The molecule has 2 nitrogen and oxygen atoms in total. The largest absolute Gasteiger partial charge is 0.351 e. The fourth-order valence-corrected chi connectivity index (χ4v) is 6.90. The minimum atomic E-state index is 0.146. The van der Waals surface area contributed by atoms with Crippen molar-refractivity contribution >= 4 is 5.69 Å². The number of anilines is 1. The van der Waals surface area contributed by atoms with Crippen LogP contribution in [0.3, 0.4) is 0 Å². The van der Waals surface area contributed by atoms with E-state index in [9.17, 15) is 0 Å². The minimum Gasteiger partial charge on any atom is -0.351 e. The van der Waals surface area contributed by atoms with Gasteiger partial charge in [-0.3, -0.25) is 4.90 Å². The molecule has 2 fully saturated rings. The Morgan fingerprint density at radius 2 is 1.57 bits per heavy atom. The summed E-state index contributed by atoms with van der Waals surface area (Å²) in [7, 11) is 0. The molecular formula is C26H34N2. The molecule has 2 heterocycles. The van der Waals surface area contributed by atoms with Crippen LogP contribution in [0.25, 0.3) is 0 Å². The van der Waals surface area contributed by atoms with Crippen LogP contribution in [0.5, 0.6) is 0 Å². The first-order chi connectivity index (χ1) is 13.5. The van der Waals surface area contributed by atoms with Gasteiger partial charge in [0.25, 0.3) is 0 Å². The van der Waals surface area contributed by atoms with Gasteiger partial charge in [-0.15, -0.1) is 0 Å². The molecule has 4 atom stereocenters. The molecule has 0 N–H and O–H groups in total. The van der Waals surface area contributed by atoms with E-state index in [0.717, 1.165) is 5.92 Å². The van der Waals surface area contributed by atoms with Gasteiger partial charge in [0.2, 0.25) is 0 Å². The molecule has 0 spiro atoms. The minimum absolute atomic E-state index is 0.146. The van der Waals surface area contributed by atoms with Crippen LogP contribution in [0, 0.1) is 12.8 Å². The average molecular weight is 375 g/mol. The molecule has 5 rings (SSSR count). The zero-order valence-corrected chi connectivity index (χ0v) is 17.9. The zero-order valence-electron chi connectivity index (χ0n) is 17.9. The van der Waals surface area contributed by atoms with Gasteiger partial charge in [-0.05, 0) is 69.2 Å². The summed E-state index contributed by atoms with van der Waals surface area (Å²) in [5.74, 6) is 0.763. The molecule has 1 saturated heterocycles. The van der Waals surface area contributed by atoms with Crippen molar-refractivity contribution in [1.29, 1.82) is 0 Å². The van der Waals surface area contributed by atoms with Crippen LogP contribution in [0.2, 0.25) is 0 Å². The van der Waals surface area contributed by atoms with Crippen LogP contribution in [0.15, 0.2) is 48.5 Å². The lowest BCUT2D eigenvalue weighted by atomic mass is 9.72. The van der Waals surface area contributed by atoms with E-state index in [1.54, 1.807) is 11.1 Å². The predicted octanol–water partition coefficient (Wildman–Crippen LogP) is 6.40. The molecule has 0 bridgehead atoms. The van der Waals surface area contributed by atoms with E-state index in [1.807, 2.05) is 0 Å². The lowest BCUT2D eigenvalue weighted by Crippen LogP contribution is -2.50. The van der Waals surface area contributed by atoms with Crippen LogP contribution in [-0.2, 0) is 5.54 Å². The lowest BCUT2D eigenvalue weighted by Gasteiger charge is -2.47. The van der Waals surface area contributed by atoms with Crippen molar-refractivity contribution in [2.24, 2.45) is 5.92 Å². The van der Waals surface area contributed by atoms with Gasteiger partial charge in [0.05, 0.1) is 12.2 Å². The molecule has 28 heavy (non-hydrogen) atoms. The Morgan fingerprint density at radius 3 is 2.32 bits per heavy atom. The fraction of sp³-hybridized carbons (Fsp3) is 0.538. The van der Waals surface area contributed by atoms with Crippen LogP contribution >= 0.6 is 0 Å². The van der Waals surface area contributed by atoms with E-state index in [-0.39, 0.29) is 5.54 Å². The number of rotatable bonds is 2. The van der Waals surface area contributed by atoms with Crippen LogP contribution in [-0.4, -0.2) is 17.1 Å². The normalized spacial score (nSPS) is 33.1. The van der Waals surface area contributed by atoms with E-state index in [4.69, 9.17) is 0 Å². The van der Waals surface area contributed by atoms with Gasteiger partial charge in [0.15, 0.2) is 0 Å². The third kappa shape index (κ3) is 2.37. The second-order valence-electron chi connectivity index (χ2n) is 9.49. The Bertz CT molecular complexity index is 868. The summed E-state index contributed by atoms with van der Waals surface area (Å²) in [6, 6.07) is 19.2. The van der Waals surface area contributed by atoms with Gasteiger partial charge in [0, 0.05) is 17.3 Å². The topological polar surface area (TPSA) is 6.48 Å². The number of benzene rings is 2. The third-order valence-corrected chi connectivity index (χ3v) is 8.16. The molecule has 2 heteroatoms. The molecule has 0 amide bonds. The van der Waals surface area contributed by atoms with Crippen LogP contribution in [0.4, 0.5) is 5.69 Å². The summed E-state index contributed by atoms with van der Waals surface area (Å²) < 4.78 is 0. The molecule has 2 aliphatic heterocycles. The summed E-state index contributed by atoms with van der Waals surface area (Å²) >= 11 is 0. The van der Waals surface area contributed by atoms with Gasteiger partial charge >= 0.3 is 0 Å². The Hall–Kier alpha value is -1.80. The molecule has 0 aromatic heterocycles. The second kappa shape index (κ2) is 6.62. The lowest BCUT2D eigenvalue weighted by molar-refractivity contribution is 0.00980. The summed E-state index contributed by atoms with van der Waals surface area (Å²) in [6.07, 6.45) is 7.36. The highest BCUT2D eigenvalue weighted by Gasteiger charge is 2.59. The molecular weight excluding hydrogens is 340 g/mol. The standard InChI is InChI=1S/C26H34N2/c1-18-12-8-11-17-24(18)27-19(2)25-22-15-9-10-16-23(22)26(4,28(25)20(27)3)21-13-6-5-7-14-21/h8-12,15-17,19-21,25H,5-7,13-14H2,1-4H3/t19-,20?,25?,26?/m0/s1. The maximum absolute atomic E-state index is 2.89. The van der Waals surface area contributed by atoms with Crippen molar-refractivity contribution < 1.29 is 0 Å². The maximum Gasteiger partial charge on any atom is 0.0809 e. The van der Waals surface area contributed by atoms with Crippen LogP contribution in [0.1, 0.15) is 75.6 Å². The molecule has 2 aromatic rings. The molecule has 3 unspecified atom stereocenters. The van der Waals surface area contributed by atoms with Gasteiger partial charge in [-0.25, -0.2) is 0 Å². The molecule has 0 radical (unpaired) electrons. The Balaban J connectivity index is 1.64. The maximum atomic E-state index is 2.89.